The molecule has 0 bridgehead atoms. The third kappa shape index (κ3) is 8.18. The molecule has 3 aromatic rings. The van der Waals surface area contributed by atoms with E-state index >= 15 is 0 Å². The molecule has 3 aromatic carbocycles. The number of carbonyl (C=O) groups excluding carboxylic acids is 2. The van der Waals surface area contributed by atoms with Crippen molar-refractivity contribution in [1.82, 2.24) is 10.2 Å². The third-order valence-electron chi connectivity index (χ3n) is 8.09. The summed E-state index contributed by atoms with van der Waals surface area (Å²) >= 11 is 6.22. The monoisotopic (exact) mass is 623 g/mol. The average Bonchev–Trinajstić information content (AvgIpc) is 2.97. The lowest BCUT2D eigenvalue weighted by molar-refractivity contribution is -0.140. The smallest absolute Gasteiger partial charge is 0.264 e. The van der Waals surface area contributed by atoms with Gasteiger partial charge in [0.25, 0.3) is 10.0 Å². The van der Waals surface area contributed by atoms with Gasteiger partial charge in [-0.3, -0.25) is 13.9 Å². The van der Waals surface area contributed by atoms with E-state index in [-0.39, 0.29) is 23.4 Å². The number of rotatable bonds is 11. The van der Waals surface area contributed by atoms with Crippen molar-refractivity contribution in [3.8, 4) is 0 Å². The minimum absolute atomic E-state index is 0.0765. The topological polar surface area (TPSA) is 86.8 Å². The molecule has 0 spiro atoms. The maximum absolute atomic E-state index is 14.3. The summed E-state index contributed by atoms with van der Waals surface area (Å²) in [5.41, 5.74) is 3.79. The zero-order valence-electron chi connectivity index (χ0n) is 25.5. The van der Waals surface area contributed by atoms with Gasteiger partial charge in [-0.15, -0.1) is 0 Å². The normalized spacial score (nSPS) is 14.6. The summed E-state index contributed by atoms with van der Waals surface area (Å²) in [5, 5.41) is 3.65. The minimum atomic E-state index is -4.15. The van der Waals surface area contributed by atoms with Crippen LogP contribution in [0.15, 0.2) is 71.6 Å². The van der Waals surface area contributed by atoms with E-state index in [1.165, 1.54) is 4.90 Å². The number of nitrogens with one attached hydrogen (secondary N) is 1. The lowest BCUT2D eigenvalue weighted by atomic mass is 9.95. The Kier molecular flexibility index (Phi) is 10.9. The van der Waals surface area contributed by atoms with Crippen molar-refractivity contribution in [3.63, 3.8) is 0 Å². The molecule has 1 aliphatic rings. The van der Waals surface area contributed by atoms with Gasteiger partial charge in [-0.2, -0.15) is 0 Å². The van der Waals surface area contributed by atoms with Crippen molar-refractivity contribution in [2.45, 2.75) is 89.7 Å². The Morgan fingerprint density at radius 3 is 2.26 bits per heavy atom. The zero-order valence-corrected chi connectivity index (χ0v) is 27.0. The Hall–Kier alpha value is -3.36. The Morgan fingerprint density at radius 1 is 0.930 bits per heavy atom. The minimum Gasteiger partial charge on any atom is -0.352 e. The molecule has 230 valence electrons. The maximum Gasteiger partial charge on any atom is 0.264 e. The fraction of sp³-hybridized carbons (Fsp3) is 0.412. The molecule has 1 saturated carbocycles. The molecule has 0 radical (unpaired) electrons. The SMILES string of the molecule is CC[C@H](C(=O)NC1CCCCC1)N(Cc1cccc(C)c1)C(=O)CN(c1ccc(Cl)cc1C)S(=O)(=O)c1ccc(C)cc1. The second kappa shape index (κ2) is 14.4. The molecular formula is C34H42ClN3O4S. The molecule has 1 fully saturated rings. The molecule has 7 nitrogen and oxygen atoms in total. The molecule has 0 aliphatic heterocycles. The third-order valence-corrected chi connectivity index (χ3v) is 10.1. The van der Waals surface area contributed by atoms with Gasteiger partial charge >= 0.3 is 0 Å². The zero-order chi connectivity index (χ0) is 31.1. The number of anilines is 1. The van der Waals surface area contributed by atoms with Crippen LogP contribution in [0.1, 0.15) is 67.7 Å². The standard InChI is InChI=1S/C34H42ClN3O4S/c1-5-31(34(40)36-29-12-7-6-8-13-29)37(22-27-11-9-10-25(3)20-27)33(39)23-38(32-19-16-28(35)21-26(32)4)43(41,42)30-17-14-24(2)15-18-30/h9-11,14-21,29,31H,5-8,12-13,22-23H2,1-4H3,(H,36,40)/t31-/m1/s1. The summed E-state index contributed by atoms with van der Waals surface area (Å²) in [4.78, 5) is 29.6. The van der Waals surface area contributed by atoms with E-state index in [1.807, 2.05) is 45.0 Å². The Bertz CT molecular complexity index is 1540. The van der Waals surface area contributed by atoms with Crippen LogP contribution in [0.5, 0.6) is 0 Å². The lowest BCUT2D eigenvalue weighted by Crippen LogP contribution is -2.54. The number of halogens is 1. The predicted octanol–water partition coefficient (Wildman–Crippen LogP) is 6.72. The van der Waals surface area contributed by atoms with Crippen LogP contribution in [0, 0.1) is 20.8 Å². The maximum atomic E-state index is 14.3. The van der Waals surface area contributed by atoms with Gasteiger partial charge < -0.3 is 10.2 Å². The number of amides is 2. The second-order valence-corrected chi connectivity index (χ2v) is 13.8. The molecule has 0 unspecified atom stereocenters. The van der Waals surface area contributed by atoms with Crippen LogP contribution in [0.3, 0.4) is 0 Å². The molecule has 4 rings (SSSR count). The van der Waals surface area contributed by atoms with Crippen LogP contribution in [0.4, 0.5) is 5.69 Å². The van der Waals surface area contributed by atoms with E-state index in [9.17, 15) is 18.0 Å². The number of benzene rings is 3. The number of aryl methyl sites for hydroxylation is 3. The Balaban J connectivity index is 1.73. The Labute approximate surface area is 261 Å². The molecule has 1 N–H and O–H groups in total. The van der Waals surface area contributed by atoms with Crippen LogP contribution < -0.4 is 9.62 Å². The first kappa shape index (κ1) is 32.6. The lowest BCUT2D eigenvalue weighted by Gasteiger charge is -2.35. The summed E-state index contributed by atoms with van der Waals surface area (Å²) in [6.07, 6.45) is 5.54. The molecule has 1 aliphatic carbocycles. The molecule has 0 saturated heterocycles. The highest BCUT2D eigenvalue weighted by atomic mass is 35.5. The predicted molar refractivity (Wildman–Crippen MR) is 173 cm³/mol. The van der Waals surface area contributed by atoms with Gasteiger partial charge in [0.05, 0.1) is 10.6 Å². The highest BCUT2D eigenvalue weighted by Gasteiger charge is 2.35. The van der Waals surface area contributed by atoms with Gasteiger partial charge in [0.1, 0.15) is 12.6 Å². The van der Waals surface area contributed by atoms with Crippen molar-refractivity contribution in [3.05, 3.63) is 94.0 Å². The number of hydrogen-bond donors (Lipinski definition) is 1. The van der Waals surface area contributed by atoms with Crippen molar-refractivity contribution in [2.75, 3.05) is 10.8 Å². The van der Waals surface area contributed by atoms with E-state index in [0.717, 1.165) is 53.1 Å². The van der Waals surface area contributed by atoms with E-state index in [2.05, 4.69) is 5.32 Å². The van der Waals surface area contributed by atoms with Gasteiger partial charge in [-0.1, -0.05) is 85.3 Å². The van der Waals surface area contributed by atoms with E-state index < -0.39 is 28.5 Å². The van der Waals surface area contributed by atoms with E-state index in [1.54, 1.807) is 49.4 Å². The van der Waals surface area contributed by atoms with Gasteiger partial charge in [0.15, 0.2) is 0 Å². The molecule has 0 heterocycles. The van der Waals surface area contributed by atoms with Crippen LogP contribution >= 0.6 is 11.6 Å². The number of hydrogen-bond acceptors (Lipinski definition) is 4. The van der Waals surface area contributed by atoms with E-state index in [4.69, 9.17) is 11.6 Å². The van der Waals surface area contributed by atoms with Crippen molar-refractivity contribution >= 4 is 39.1 Å². The summed E-state index contributed by atoms with van der Waals surface area (Å²) in [7, 11) is -4.15. The van der Waals surface area contributed by atoms with Crippen LogP contribution in [-0.4, -0.2) is 43.8 Å². The summed E-state index contributed by atoms with van der Waals surface area (Å²) in [6, 6.07) is 18.6. The summed E-state index contributed by atoms with van der Waals surface area (Å²) < 4.78 is 29.4. The molecular weight excluding hydrogens is 582 g/mol. The first-order chi connectivity index (χ1) is 20.5. The van der Waals surface area contributed by atoms with Crippen molar-refractivity contribution in [1.29, 1.82) is 0 Å². The second-order valence-electron chi connectivity index (χ2n) is 11.5. The van der Waals surface area contributed by atoms with Gasteiger partial charge in [0.2, 0.25) is 11.8 Å². The summed E-state index contributed by atoms with van der Waals surface area (Å²) in [5.74, 6) is -0.664. The first-order valence-corrected chi connectivity index (χ1v) is 16.8. The van der Waals surface area contributed by atoms with E-state index in [0.29, 0.717) is 22.7 Å². The van der Waals surface area contributed by atoms with Crippen LogP contribution in [0.2, 0.25) is 5.02 Å². The molecule has 0 aromatic heterocycles. The highest BCUT2D eigenvalue weighted by Crippen LogP contribution is 2.30. The number of carbonyl (C=O) groups is 2. The molecule has 1 atom stereocenters. The molecule has 9 heteroatoms. The highest BCUT2D eigenvalue weighted by molar-refractivity contribution is 7.92. The number of sulfonamides is 1. The molecule has 2 amide bonds. The fourth-order valence-corrected chi connectivity index (χ4v) is 7.43. The quantitative estimate of drug-likeness (QED) is 0.257. The number of nitrogens with zero attached hydrogens (tertiary/aromatic N) is 2. The fourth-order valence-electron chi connectivity index (χ4n) is 5.72. The van der Waals surface area contributed by atoms with Crippen molar-refractivity contribution < 1.29 is 18.0 Å². The first-order valence-electron chi connectivity index (χ1n) is 15.0. The van der Waals surface area contributed by atoms with Crippen LogP contribution in [-0.2, 0) is 26.2 Å². The van der Waals surface area contributed by atoms with Gasteiger partial charge in [-0.05, 0) is 81.5 Å². The molecule has 43 heavy (non-hydrogen) atoms. The Morgan fingerprint density at radius 2 is 1.63 bits per heavy atom. The van der Waals surface area contributed by atoms with Gasteiger partial charge in [-0.25, -0.2) is 8.42 Å². The van der Waals surface area contributed by atoms with Gasteiger partial charge in [0, 0.05) is 17.6 Å². The van der Waals surface area contributed by atoms with Crippen molar-refractivity contribution in [2.24, 2.45) is 0 Å². The largest absolute Gasteiger partial charge is 0.352 e. The summed E-state index contributed by atoms with van der Waals surface area (Å²) in [6.45, 7) is 7.20. The van der Waals surface area contributed by atoms with Crippen LogP contribution in [0.25, 0.3) is 0 Å². The average molecular weight is 624 g/mol.